The Kier molecular flexibility index (Phi) is 5.59. The molecule has 2 aliphatic heterocycles. The van der Waals surface area contributed by atoms with Crippen LogP contribution in [0.5, 0.6) is 5.75 Å². The highest BCUT2D eigenvalue weighted by atomic mass is 35.5. The molecule has 31 heavy (non-hydrogen) atoms. The van der Waals surface area contributed by atoms with Crippen LogP contribution in [0, 0.1) is 23.5 Å². The summed E-state index contributed by atoms with van der Waals surface area (Å²) >= 11 is 5.96. The zero-order valence-corrected chi connectivity index (χ0v) is 17.8. The average Bonchev–Trinajstić information content (AvgIpc) is 3.10. The van der Waals surface area contributed by atoms with Gasteiger partial charge in [0.15, 0.2) is 21.4 Å². The molecule has 3 aliphatic rings. The van der Waals surface area contributed by atoms with Crippen molar-refractivity contribution >= 4 is 21.4 Å². The van der Waals surface area contributed by atoms with Crippen LogP contribution in [-0.2, 0) is 19.3 Å². The van der Waals surface area contributed by atoms with Crippen LogP contribution in [0.4, 0.5) is 8.78 Å². The van der Waals surface area contributed by atoms with Gasteiger partial charge >= 0.3 is 0 Å². The van der Waals surface area contributed by atoms with Crippen molar-refractivity contribution in [3.05, 3.63) is 58.6 Å². The molecule has 2 heterocycles. The summed E-state index contributed by atoms with van der Waals surface area (Å²) in [4.78, 5) is 0.0406. The van der Waals surface area contributed by atoms with Gasteiger partial charge in [0, 0.05) is 10.9 Å². The summed E-state index contributed by atoms with van der Waals surface area (Å²) in [7, 11) is -4.11. The minimum absolute atomic E-state index is 0. The van der Waals surface area contributed by atoms with Crippen molar-refractivity contribution in [3.63, 3.8) is 0 Å². The van der Waals surface area contributed by atoms with E-state index in [2.05, 4.69) is 0 Å². The minimum atomic E-state index is -4.11. The number of hydrogen-bond acceptors (Lipinski definition) is 4. The van der Waals surface area contributed by atoms with Gasteiger partial charge < -0.3 is 9.47 Å². The fourth-order valence-corrected chi connectivity index (χ4v) is 8.21. The van der Waals surface area contributed by atoms with E-state index in [-0.39, 0.29) is 54.8 Å². The van der Waals surface area contributed by atoms with E-state index in [1.807, 2.05) is 6.92 Å². The van der Waals surface area contributed by atoms with Crippen molar-refractivity contribution in [1.29, 1.82) is 0 Å². The van der Waals surface area contributed by atoms with Crippen molar-refractivity contribution in [2.75, 3.05) is 6.61 Å². The van der Waals surface area contributed by atoms with E-state index in [4.69, 9.17) is 21.1 Å². The number of hydrogen-bond donors (Lipinski definition) is 0. The summed E-state index contributed by atoms with van der Waals surface area (Å²) in [5.41, 5.74) is -0.188. The van der Waals surface area contributed by atoms with Crippen LogP contribution >= 0.6 is 11.6 Å². The Labute approximate surface area is 186 Å². The summed E-state index contributed by atoms with van der Waals surface area (Å²) in [5, 5.41) is 0.398. The van der Waals surface area contributed by atoms with Gasteiger partial charge in [0.2, 0.25) is 0 Å². The Bertz CT molecular complexity index is 1110. The number of benzene rings is 2. The van der Waals surface area contributed by atoms with Crippen LogP contribution < -0.4 is 4.74 Å². The Hall–Kier alpha value is -1.70. The first-order valence-corrected chi connectivity index (χ1v) is 11.9. The molecule has 0 unspecified atom stereocenters. The zero-order valence-electron chi connectivity index (χ0n) is 16.3. The van der Waals surface area contributed by atoms with Crippen molar-refractivity contribution in [1.82, 2.24) is 0 Å². The maximum absolute atomic E-state index is 15.2. The van der Waals surface area contributed by atoms with Gasteiger partial charge in [-0.15, -0.1) is 0 Å². The lowest BCUT2D eigenvalue weighted by molar-refractivity contribution is -0.0174. The van der Waals surface area contributed by atoms with E-state index in [1.165, 1.54) is 24.3 Å². The van der Waals surface area contributed by atoms with Crippen LogP contribution in [-0.4, -0.2) is 27.2 Å². The Morgan fingerprint density at radius 2 is 1.77 bits per heavy atom. The number of halogens is 3. The molecular formula is C23H25ClF2O4S. The summed E-state index contributed by atoms with van der Waals surface area (Å²) in [6.45, 7) is 1.95. The molecule has 4 nitrogen and oxygen atoms in total. The summed E-state index contributed by atoms with van der Waals surface area (Å²) < 4.78 is 68.1. The average molecular weight is 471 g/mol. The predicted molar refractivity (Wildman–Crippen MR) is 114 cm³/mol. The zero-order chi connectivity index (χ0) is 21.3. The minimum Gasteiger partial charge on any atom is -0.490 e. The van der Waals surface area contributed by atoms with Gasteiger partial charge in [0.25, 0.3) is 0 Å². The second-order valence-corrected chi connectivity index (χ2v) is 11.1. The topological polar surface area (TPSA) is 52.6 Å². The molecule has 5 rings (SSSR count). The maximum atomic E-state index is 15.2. The van der Waals surface area contributed by atoms with Crippen molar-refractivity contribution in [2.24, 2.45) is 11.8 Å². The molecule has 8 heteroatoms. The SMILES string of the molecule is C.C[C@H]1C[C@@H]2[C@@H](CC[C@@]3(S(=O)(=O)c4ccc(Cl)cc4)c4c(F)ccc(F)c4OC[C@@H]23)O1. The molecule has 168 valence electrons. The third kappa shape index (κ3) is 3.11. The summed E-state index contributed by atoms with van der Waals surface area (Å²) in [6, 6.07) is 7.80. The van der Waals surface area contributed by atoms with Crippen LogP contribution in [0.15, 0.2) is 41.3 Å². The number of rotatable bonds is 2. The highest BCUT2D eigenvalue weighted by Crippen LogP contribution is 2.60. The predicted octanol–water partition coefficient (Wildman–Crippen LogP) is 5.52. The molecule has 0 bridgehead atoms. The summed E-state index contributed by atoms with van der Waals surface area (Å²) in [5.74, 6) is -2.49. The molecule has 2 fully saturated rings. The van der Waals surface area contributed by atoms with E-state index in [0.717, 1.165) is 12.1 Å². The van der Waals surface area contributed by atoms with Crippen LogP contribution in [0.1, 0.15) is 39.2 Å². The van der Waals surface area contributed by atoms with Crippen LogP contribution in [0.3, 0.4) is 0 Å². The lowest BCUT2D eigenvalue weighted by Gasteiger charge is -2.50. The fourth-order valence-electron chi connectivity index (χ4n) is 5.69. The van der Waals surface area contributed by atoms with Crippen molar-refractivity contribution < 1.29 is 26.7 Å². The molecule has 1 saturated heterocycles. The van der Waals surface area contributed by atoms with Gasteiger partial charge in [-0.3, -0.25) is 0 Å². The van der Waals surface area contributed by atoms with Gasteiger partial charge in [0.05, 0.1) is 29.3 Å². The number of ether oxygens (including phenoxy) is 2. The van der Waals surface area contributed by atoms with Gasteiger partial charge in [-0.1, -0.05) is 19.0 Å². The van der Waals surface area contributed by atoms with E-state index in [1.54, 1.807) is 0 Å². The molecule has 0 spiro atoms. The number of fused-ring (bicyclic) bond motifs is 5. The van der Waals surface area contributed by atoms with Crippen LogP contribution in [0.2, 0.25) is 5.02 Å². The van der Waals surface area contributed by atoms with Crippen molar-refractivity contribution in [3.8, 4) is 5.75 Å². The van der Waals surface area contributed by atoms with Gasteiger partial charge in [-0.05, 0) is 68.5 Å². The first-order chi connectivity index (χ1) is 14.3. The molecule has 0 amide bonds. The van der Waals surface area contributed by atoms with Gasteiger partial charge in [-0.2, -0.15) is 0 Å². The summed E-state index contributed by atoms with van der Waals surface area (Å²) in [6.07, 6.45) is 1.11. The lowest BCUT2D eigenvalue weighted by atomic mass is 9.66. The molecule has 0 N–H and O–H groups in total. The first-order valence-electron chi connectivity index (χ1n) is 10.0. The first kappa shape index (κ1) is 22.5. The second-order valence-electron chi connectivity index (χ2n) is 8.42. The molecular weight excluding hydrogens is 446 g/mol. The highest BCUT2D eigenvalue weighted by Gasteiger charge is 2.64. The largest absolute Gasteiger partial charge is 0.490 e. The normalized spacial score (nSPS) is 31.6. The highest BCUT2D eigenvalue weighted by molar-refractivity contribution is 7.92. The molecule has 2 aromatic rings. The fraction of sp³-hybridized carbons (Fsp3) is 0.478. The Balaban J connectivity index is 0.00000231. The van der Waals surface area contributed by atoms with Gasteiger partial charge in [0.1, 0.15) is 10.6 Å². The van der Waals surface area contributed by atoms with E-state index in [0.29, 0.717) is 17.9 Å². The Morgan fingerprint density at radius 3 is 2.48 bits per heavy atom. The maximum Gasteiger partial charge on any atom is 0.188 e. The number of sulfone groups is 1. The lowest BCUT2D eigenvalue weighted by Crippen LogP contribution is -2.56. The third-order valence-corrected chi connectivity index (χ3v) is 9.71. The van der Waals surface area contributed by atoms with E-state index >= 15 is 4.39 Å². The third-order valence-electron chi connectivity index (χ3n) is 6.90. The Morgan fingerprint density at radius 1 is 1.10 bits per heavy atom. The molecule has 0 aromatic heterocycles. The molecule has 1 saturated carbocycles. The van der Waals surface area contributed by atoms with Crippen LogP contribution in [0.25, 0.3) is 0 Å². The second kappa shape index (κ2) is 7.71. The van der Waals surface area contributed by atoms with E-state index < -0.39 is 32.1 Å². The smallest absolute Gasteiger partial charge is 0.188 e. The monoisotopic (exact) mass is 470 g/mol. The molecule has 0 radical (unpaired) electrons. The molecule has 1 aliphatic carbocycles. The van der Waals surface area contributed by atoms with Crippen molar-refractivity contribution in [2.45, 2.75) is 55.5 Å². The molecule has 5 atom stereocenters. The van der Waals surface area contributed by atoms with E-state index in [9.17, 15) is 12.8 Å². The molecule has 2 aromatic carbocycles. The quantitative estimate of drug-likeness (QED) is 0.580. The standard InChI is InChI=1S/C22H21ClF2O4S.CH4/c1-12-10-15-16-11-28-21-18(25)7-6-17(24)20(21)22(16,9-8-19(15)29-12)30(26,27)14-4-2-13(23)3-5-14;/h2-7,12,15-16,19H,8-11H2,1H3;1H4/t12-,15-,16-,19+,22-;/m0./s1. The van der Waals surface area contributed by atoms with Gasteiger partial charge in [-0.25, -0.2) is 17.2 Å².